The number of carbonyl (C=O) groups excluding carboxylic acids is 1. The van der Waals surface area contributed by atoms with Crippen LogP contribution < -0.4 is 11.1 Å². The SMILES string of the molecule is Cc1ccc(CNC(=O)[C@@H]2CCC[C@@H]2CN)s1. The zero-order chi connectivity index (χ0) is 12.3. The average molecular weight is 252 g/mol. The van der Waals surface area contributed by atoms with Crippen LogP contribution in [-0.4, -0.2) is 12.5 Å². The summed E-state index contributed by atoms with van der Waals surface area (Å²) in [5, 5.41) is 3.03. The van der Waals surface area contributed by atoms with E-state index in [1.54, 1.807) is 11.3 Å². The second-order valence-electron chi connectivity index (χ2n) is 4.76. The van der Waals surface area contributed by atoms with Gasteiger partial charge in [0.15, 0.2) is 0 Å². The van der Waals surface area contributed by atoms with Gasteiger partial charge in [-0.2, -0.15) is 0 Å². The van der Waals surface area contributed by atoms with Crippen molar-refractivity contribution in [3.05, 3.63) is 21.9 Å². The van der Waals surface area contributed by atoms with Gasteiger partial charge in [-0.1, -0.05) is 6.42 Å². The molecule has 1 amide bonds. The first-order valence-corrected chi connectivity index (χ1v) is 7.05. The molecule has 0 unspecified atom stereocenters. The number of amides is 1. The summed E-state index contributed by atoms with van der Waals surface area (Å²) < 4.78 is 0. The zero-order valence-electron chi connectivity index (χ0n) is 10.2. The van der Waals surface area contributed by atoms with Gasteiger partial charge in [0.05, 0.1) is 6.54 Å². The van der Waals surface area contributed by atoms with Crippen LogP contribution in [0.3, 0.4) is 0 Å². The van der Waals surface area contributed by atoms with E-state index in [0.717, 1.165) is 19.3 Å². The van der Waals surface area contributed by atoms with Gasteiger partial charge in [-0.25, -0.2) is 0 Å². The van der Waals surface area contributed by atoms with Crippen molar-refractivity contribution in [1.29, 1.82) is 0 Å². The lowest BCUT2D eigenvalue weighted by molar-refractivity contribution is -0.126. The van der Waals surface area contributed by atoms with Gasteiger partial charge < -0.3 is 11.1 Å². The number of nitrogens with one attached hydrogen (secondary N) is 1. The molecule has 1 aliphatic carbocycles. The number of thiophene rings is 1. The minimum atomic E-state index is 0.140. The van der Waals surface area contributed by atoms with Crippen LogP contribution in [0.4, 0.5) is 0 Å². The summed E-state index contributed by atoms with van der Waals surface area (Å²) in [7, 11) is 0. The fourth-order valence-electron chi connectivity index (χ4n) is 2.55. The smallest absolute Gasteiger partial charge is 0.223 e. The molecule has 3 nitrogen and oxygen atoms in total. The molecule has 0 radical (unpaired) electrons. The van der Waals surface area contributed by atoms with E-state index in [4.69, 9.17) is 5.73 Å². The third-order valence-electron chi connectivity index (χ3n) is 3.53. The number of rotatable bonds is 4. The van der Waals surface area contributed by atoms with E-state index < -0.39 is 0 Å². The maximum absolute atomic E-state index is 12.0. The van der Waals surface area contributed by atoms with E-state index in [1.807, 2.05) is 0 Å². The molecule has 0 aliphatic heterocycles. The van der Waals surface area contributed by atoms with Crippen molar-refractivity contribution in [1.82, 2.24) is 5.32 Å². The van der Waals surface area contributed by atoms with Gasteiger partial charge in [0.25, 0.3) is 0 Å². The lowest BCUT2D eigenvalue weighted by Gasteiger charge is -2.16. The third kappa shape index (κ3) is 3.07. The quantitative estimate of drug-likeness (QED) is 0.861. The Morgan fingerprint density at radius 3 is 3.00 bits per heavy atom. The molecule has 1 fully saturated rings. The monoisotopic (exact) mass is 252 g/mol. The Morgan fingerprint density at radius 1 is 1.53 bits per heavy atom. The van der Waals surface area contributed by atoms with Gasteiger partial charge >= 0.3 is 0 Å². The first-order valence-electron chi connectivity index (χ1n) is 6.24. The normalized spacial score (nSPS) is 23.9. The van der Waals surface area contributed by atoms with E-state index in [2.05, 4.69) is 24.4 Å². The van der Waals surface area contributed by atoms with Gasteiger partial charge in [0.1, 0.15) is 0 Å². The maximum Gasteiger partial charge on any atom is 0.223 e. The second kappa shape index (κ2) is 5.65. The molecule has 1 aliphatic rings. The standard InChI is InChI=1S/C13H20N2OS/c1-9-5-6-11(17-9)8-15-13(16)12-4-2-3-10(12)7-14/h5-6,10,12H,2-4,7-8,14H2,1H3,(H,15,16)/t10-,12-/m1/s1. The first-order chi connectivity index (χ1) is 8.20. The maximum atomic E-state index is 12.0. The van der Waals surface area contributed by atoms with Crippen molar-refractivity contribution in [2.24, 2.45) is 17.6 Å². The van der Waals surface area contributed by atoms with Crippen molar-refractivity contribution in [3.63, 3.8) is 0 Å². The van der Waals surface area contributed by atoms with Gasteiger partial charge in [-0.3, -0.25) is 4.79 Å². The highest BCUT2D eigenvalue weighted by Crippen LogP contribution is 2.31. The highest BCUT2D eigenvalue weighted by atomic mass is 32.1. The van der Waals surface area contributed by atoms with Gasteiger partial charge in [0.2, 0.25) is 5.91 Å². The number of hydrogen-bond acceptors (Lipinski definition) is 3. The molecule has 2 rings (SSSR count). The lowest BCUT2D eigenvalue weighted by Crippen LogP contribution is -2.34. The van der Waals surface area contributed by atoms with Crippen LogP contribution in [0.15, 0.2) is 12.1 Å². The molecule has 0 aromatic carbocycles. The van der Waals surface area contributed by atoms with Crippen LogP contribution in [0.1, 0.15) is 29.0 Å². The number of hydrogen-bond donors (Lipinski definition) is 2. The predicted octanol–water partition coefficient (Wildman–Crippen LogP) is 2.05. The summed E-state index contributed by atoms with van der Waals surface area (Å²) in [6.45, 7) is 3.37. The molecular weight excluding hydrogens is 232 g/mol. The van der Waals surface area contributed by atoms with Gasteiger partial charge in [0, 0.05) is 15.7 Å². The number of nitrogens with two attached hydrogens (primary N) is 1. The Balaban J connectivity index is 1.84. The van der Waals surface area contributed by atoms with E-state index in [1.165, 1.54) is 9.75 Å². The second-order valence-corrected chi connectivity index (χ2v) is 6.14. The Labute approximate surface area is 106 Å². The summed E-state index contributed by atoms with van der Waals surface area (Å²) in [5.74, 6) is 0.713. The van der Waals surface area contributed by atoms with Crippen LogP contribution >= 0.6 is 11.3 Å². The minimum absolute atomic E-state index is 0.140. The predicted molar refractivity (Wildman–Crippen MR) is 70.8 cm³/mol. The van der Waals surface area contributed by atoms with Crippen molar-refractivity contribution in [3.8, 4) is 0 Å². The molecule has 1 heterocycles. The van der Waals surface area contributed by atoms with Crippen LogP contribution in [0.5, 0.6) is 0 Å². The largest absolute Gasteiger partial charge is 0.351 e. The summed E-state index contributed by atoms with van der Waals surface area (Å²) in [6.07, 6.45) is 3.24. The molecule has 1 aromatic heterocycles. The minimum Gasteiger partial charge on any atom is -0.351 e. The van der Waals surface area contributed by atoms with Gasteiger partial charge in [-0.15, -0.1) is 11.3 Å². The van der Waals surface area contributed by atoms with Crippen molar-refractivity contribution in [2.45, 2.75) is 32.7 Å². The fourth-order valence-corrected chi connectivity index (χ4v) is 3.38. The number of aryl methyl sites for hydroxylation is 1. The van der Waals surface area contributed by atoms with Crippen LogP contribution in [0.2, 0.25) is 0 Å². The molecule has 0 spiro atoms. The molecule has 2 atom stereocenters. The topological polar surface area (TPSA) is 55.1 Å². The molecular formula is C13H20N2OS. The van der Waals surface area contributed by atoms with Crippen LogP contribution in [0.25, 0.3) is 0 Å². The molecule has 0 bridgehead atoms. The molecule has 1 saturated carbocycles. The molecule has 94 valence electrons. The van der Waals surface area contributed by atoms with E-state index >= 15 is 0 Å². The summed E-state index contributed by atoms with van der Waals surface area (Å²) in [4.78, 5) is 14.5. The number of carbonyl (C=O) groups is 1. The van der Waals surface area contributed by atoms with Crippen molar-refractivity contribution in [2.75, 3.05) is 6.54 Å². The first kappa shape index (κ1) is 12.6. The van der Waals surface area contributed by atoms with Crippen LogP contribution in [-0.2, 0) is 11.3 Å². The lowest BCUT2D eigenvalue weighted by atomic mass is 9.95. The Bertz CT molecular complexity index is 389. The Morgan fingerprint density at radius 2 is 2.35 bits per heavy atom. The Kier molecular flexibility index (Phi) is 4.18. The van der Waals surface area contributed by atoms with E-state index in [9.17, 15) is 4.79 Å². The van der Waals surface area contributed by atoms with Crippen LogP contribution in [0, 0.1) is 18.8 Å². The zero-order valence-corrected chi connectivity index (χ0v) is 11.1. The highest BCUT2D eigenvalue weighted by Gasteiger charge is 2.31. The molecule has 17 heavy (non-hydrogen) atoms. The fraction of sp³-hybridized carbons (Fsp3) is 0.615. The van der Waals surface area contributed by atoms with Crippen molar-refractivity contribution < 1.29 is 4.79 Å². The summed E-state index contributed by atoms with van der Waals surface area (Å²) in [5.41, 5.74) is 5.69. The van der Waals surface area contributed by atoms with Crippen molar-refractivity contribution >= 4 is 17.2 Å². The molecule has 4 heteroatoms. The Hall–Kier alpha value is -0.870. The van der Waals surface area contributed by atoms with E-state index in [0.29, 0.717) is 19.0 Å². The summed E-state index contributed by atoms with van der Waals surface area (Å²) in [6, 6.07) is 4.17. The molecule has 0 saturated heterocycles. The summed E-state index contributed by atoms with van der Waals surface area (Å²) >= 11 is 1.74. The third-order valence-corrected chi connectivity index (χ3v) is 4.53. The highest BCUT2D eigenvalue weighted by molar-refractivity contribution is 7.11. The molecule has 3 N–H and O–H groups in total. The average Bonchev–Trinajstić information content (AvgIpc) is 2.94. The van der Waals surface area contributed by atoms with Gasteiger partial charge in [-0.05, 0) is 44.4 Å². The molecule has 1 aromatic rings. The van der Waals surface area contributed by atoms with E-state index in [-0.39, 0.29) is 11.8 Å².